The van der Waals surface area contributed by atoms with E-state index in [-0.39, 0.29) is 22.8 Å². The van der Waals surface area contributed by atoms with Gasteiger partial charge in [-0.2, -0.15) is 0 Å². The van der Waals surface area contributed by atoms with E-state index >= 15 is 0 Å². The summed E-state index contributed by atoms with van der Waals surface area (Å²) in [6.45, 7) is 7.73. The summed E-state index contributed by atoms with van der Waals surface area (Å²) in [6.07, 6.45) is 0. The fourth-order valence-electron chi connectivity index (χ4n) is 2.98. The minimum absolute atomic E-state index is 0.118. The van der Waals surface area contributed by atoms with Crippen LogP contribution in [0, 0.1) is 6.92 Å². The minimum atomic E-state index is -0.326. The Balaban J connectivity index is 2.14. The molecule has 1 heterocycles. The van der Waals surface area contributed by atoms with Crippen molar-refractivity contribution in [3.63, 3.8) is 0 Å². The number of nitrogens with one attached hydrogen (secondary N) is 1. The van der Waals surface area contributed by atoms with Gasteiger partial charge in [-0.3, -0.25) is 14.2 Å². The van der Waals surface area contributed by atoms with Crippen molar-refractivity contribution in [2.24, 2.45) is 0 Å². The Bertz CT molecular complexity index is 1120. The van der Waals surface area contributed by atoms with Crippen molar-refractivity contribution < 1.29 is 9.53 Å². The number of ether oxygens (including phenoxy) is 1. The third-order valence-corrected chi connectivity index (χ3v) is 5.11. The molecule has 152 valence electrons. The smallest absolute Gasteiger partial charge is 0.266 e. The first kappa shape index (κ1) is 20.9. The van der Waals surface area contributed by atoms with Gasteiger partial charge >= 0.3 is 0 Å². The molecule has 0 saturated heterocycles. The molecular weight excluding hydrogens is 386 g/mol. The minimum Gasteiger partial charge on any atom is -0.495 e. The normalized spacial score (nSPS) is 11.5. The number of carbonyl (C=O) groups is 1. The summed E-state index contributed by atoms with van der Waals surface area (Å²) in [5, 5.41) is 3.89. The summed E-state index contributed by atoms with van der Waals surface area (Å²) in [5.74, 6) is 0.597. The van der Waals surface area contributed by atoms with Crippen LogP contribution in [0.5, 0.6) is 5.75 Å². The summed E-state index contributed by atoms with van der Waals surface area (Å²) < 4.78 is 7.02. The Kier molecular flexibility index (Phi) is 5.98. The molecule has 3 aromatic rings. The Morgan fingerprint density at radius 3 is 2.62 bits per heavy atom. The van der Waals surface area contributed by atoms with Gasteiger partial charge in [0.25, 0.3) is 5.56 Å². The molecule has 0 bridgehead atoms. The number of aryl methyl sites for hydroxylation is 1. The summed E-state index contributed by atoms with van der Waals surface area (Å²) in [4.78, 5) is 30.4. The van der Waals surface area contributed by atoms with Crippen LogP contribution in [0.4, 0.5) is 0 Å². The van der Waals surface area contributed by atoms with Crippen LogP contribution in [0.15, 0.2) is 52.4 Å². The third-order valence-electron chi connectivity index (χ3n) is 4.17. The van der Waals surface area contributed by atoms with Crippen molar-refractivity contribution in [1.29, 1.82) is 0 Å². The molecule has 29 heavy (non-hydrogen) atoms. The van der Waals surface area contributed by atoms with Crippen molar-refractivity contribution in [2.75, 3.05) is 12.9 Å². The van der Waals surface area contributed by atoms with Gasteiger partial charge in [0.15, 0.2) is 5.16 Å². The van der Waals surface area contributed by atoms with Crippen molar-refractivity contribution in [2.45, 2.75) is 38.4 Å². The zero-order valence-electron chi connectivity index (χ0n) is 17.3. The molecule has 0 atom stereocenters. The van der Waals surface area contributed by atoms with Crippen LogP contribution in [0.2, 0.25) is 0 Å². The lowest BCUT2D eigenvalue weighted by molar-refractivity contribution is -0.119. The Morgan fingerprint density at radius 2 is 1.93 bits per heavy atom. The number of rotatable bonds is 5. The molecular formula is C22H25N3O3S. The second kappa shape index (κ2) is 8.29. The van der Waals surface area contributed by atoms with Crippen LogP contribution in [0.3, 0.4) is 0 Å². The van der Waals surface area contributed by atoms with E-state index in [2.05, 4.69) is 10.3 Å². The maximum Gasteiger partial charge on any atom is 0.266 e. The summed E-state index contributed by atoms with van der Waals surface area (Å²) in [7, 11) is 1.57. The number of thioether (sulfide) groups is 1. The molecule has 7 heteroatoms. The van der Waals surface area contributed by atoms with Gasteiger partial charge in [-0.25, -0.2) is 4.98 Å². The van der Waals surface area contributed by atoms with E-state index in [1.165, 1.54) is 16.3 Å². The maximum atomic E-state index is 13.4. The van der Waals surface area contributed by atoms with E-state index in [0.717, 1.165) is 5.56 Å². The number of fused-ring (bicyclic) bond motifs is 1. The first-order valence-corrected chi connectivity index (χ1v) is 10.3. The molecule has 0 aliphatic carbocycles. The second-order valence-corrected chi connectivity index (χ2v) is 8.76. The summed E-state index contributed by atoms with van der Waals surface area (Å²) in [6, 6.07) is 12.8. The molecule has 2 aromatic carbocycles. The summed E-state index contributed by atoms with van der Waals surface area (Å²) in [5.41, 5.74) is 1.67. The van der Waals surface area contributed by atoms with Gasteiger partial charge in [0.1, 0.15) is 5.75 Å². The lowest BCUT2D eigenvalue weighted by Crippen LogP contribution is -2.41. The first-order valence-electron chi connectivity index (χ1n) is 9.30. The standard InChI is InChI=1S/C22H25N3O3S/c1-14-10-11-18(28-5)17(12-14)25-20(27)15-8-6-7-9-16(15)23-21(25)29-13-19(26)24-22(2,3)4/h6-12H,13H2,1-5H3,(H,24,26). The molecule has 3 rings (SSSR count). The largest absolute Gasteiger partial charge is 0.495 e. The highest BCUT2D eigenvalue weighted by Gasteiger charge is 2.19. The van der Waals surface area contributed by atoms with E-state index in [9.17, 15) is 9.59 Å². The van der Waals surface area contributed by atoms with Crippen LogP contribution >= 0.6 is 11.8 Å². The highest BCUT2D eigenvalue weighted by atomic mass is 32.2. The number of methoxy groups -OCH3 is 1. The van der Waals surface area contributed by atoms with E-state index in [1.807, 2.05) is 58.0 Å². The monoisotopic (exact) mass is 411 g/mol. The van der Waals surface area contributed by atoms with Gasteiger partial charge in [0, 0.05) is 5.54 Å². The molecule has 0 spiro atoms. The predicted octanol–water partition coefficient (Wildman–Crippen LogP) is 3.71. The van der Waals surface area contributed by atoms with Gasteiger partial charge in [-0.05, 0) is 57.5 Å². The van der Waals surface area contributed by atoms with Crippen LogP contribution < -0.4 is 15.6 Å². The molecule has 1 N–H and O–H groups in total. The van der Waals surface area contributed by atoms with Crippen molar-refractivity contribution >= 4 is 28.6 Å². The second-order valence-electron chi connectivity index (χ2n) is 7.81. The topological polar surface area (TPSA) is 73.2 Å². The van der Waals surface area contributed by atoms with E-state index in [1.54, 1.807) is 19.2 Å². The first-order chi connectivity index (χ1) is 13.7. The van der Waals surface area contributed by atoms with Crippen LogP contribution in [0.25, 0.3) is 16.6 Å². The number of carbonyl (C=O) groups excluding carboxylic acids is 1. The lowest BCUT2D eigenvalue weighted by atomic mass is 10.1. The highest BCUT2D eigenvalue weighted by molar-refractivity contribution is 7.99. The van der Waals surface area contributed by atoms with E-state index < -0.39 is 0 Å². The van der Waals surface area contributed by atoms with Crippen molar-refractivity contribution in [3.8, 4) is 11.4 Å². The molecule has 6 nitrogen and oxygen atoms in total. The molecule has 0 aliphatic heterocycles. The number of hydrogen-bond acceptors (Lipinski definition) is 5. The molecule has 0 fully saturated rings. The number of nitrogens with zero attached hydrogens (tertiary/aromatic N) is 2. The molecule has 1 amide bonds. The van der Waals surface area contributed by atoms with Gasteiger partial charge < -0.3 is 10.1 Å². The highest BCUT2D eigenvalue weighted by Crippen LogP contribution is 2.28. The zero-order valence-corrected chi connectivity index (χ0v) is 18.1. The molecule has 0 saturated carbocycles. The number of amides is 1. The van der Waals surface area contributed by atoms with Gasteiger partial charge in [-0.1, -0.05) is 30.0 Å². The maximum absolute atomic E-state index is 13.4. The summed E-state index contributed by atoms with van der Waals surface area (Å²) >= 11 is 1.23. The van der Waals surface area contributed by atoms with E-state index in [0.29, 0.717) is 27.5 Å². The quantitative estimate of drug-likeness (QED) is 0.512. The molecule has 0 radical (unpaired) electrons. The average molecular weight is 412 g/mol. The van der Waals surface area contributed by atoms with Gasteiger partial charge in [0.2, 0.25) is 5.91 Å². The molecule has 0 unspecified atom stereocenters. The zero-order chi connectivity index (χ0) is 21.2. The number of para-hydroxylation sites is 1. The van der Waals surface area contributed by atoms with Gasteiger partial charge in [0.05, 0.1) is 29.5 Å². The van der Waals surface area contributed by atoms with Crippen LogP contribution in [0.1, 0.15) is 26.3 Å². The predicted molar refractivity (Wildman–Crippen MR) is 117 cm³/mol. The average Bonchev–Trinajstić information content (AvgIpc) is 2.65. The SMILES string of the molecule is COc1ccc(C)cc1-n1c(SCC(=O)NC(C)(C)C)nc2ccccc2c1=O. The number of benzene rings is 2. The Hall–Kier alpha value is -2.80. The van der Waals surface area contributed by atoms with Crippen LogP contribution in [-0.4, -0.2) is 33.9 Å². The van der Waals surface area contributed by atoms with Gasteiger partial charge in [-0.15, -0.1) is 0 Å². The fraction of sp³-hybridized carbons (Fsp3) is 0.318. The lowest BCUT2D eigenvalue weighted by Gasteiger charge is -2.20. The van der Waals surface area contributed by atoms with Crippen molar-refractivity contribution in [3.05, 3.63) is 58.4 Å². The van der Waals surface area contributed by atoms with E-state index in [4.69, 9.17) is 4.74 Å². The molecule has 0 aliphatic rings. The fourth-order valence-corrected chi connectivity index (χ4v) is 3.79. The number of aromatic nitrogens is 2. The number of hydrogen-bond donors (Lipinski definition) is 1. The van der Waals surface area contributed by atoms with Crippen molar-refractivity contribution in [1.82, 2.24) is 14.9 Å². The molecule has 1 aromatic heterocycles. The third kappa shape index (κ3) is 4.79. The Labute approximate surface area is 174 Å². The van der Waals surface area contributed by atoms with Crippen LogP contribution in [-0.2, 0) is 4.79 Å². The Morgan fingerprint density at radius 1 is 1.21 bits per heavy atom.